The van der Waals surface area contributed by atoms with Gasteiger partial charge in [0.25, 0.3) is 0 Å². The Balaban J connectivity index is 0.00000341. The number of aliphatic hydroxyl groups is 1. The fraction of sp³-hybridized carbons (Fsp3) is 0.389. The molecule has 0 atom stereocenters. The van der Waals surface area contributed by atoms with E-state index in [0.717, 1.165) is 12.8 Å². The molecule has 1 amide bonds. The number of nitrogens with two attached hydrogens (primary N) is 1. The Kier molecular flexibility index (Phi) is 8.43. The number of halogens is 2. The molecule has 6 N–H and O–H groups in total. The first kappa shape index (κ1) is 25.1. The lowest BCUT2D eigenvalue weighted by Gasteiger charge is -2.28. The molecular formula is C18H24Cl2N6O4S. The molecule has 1 fully saturated rings. The van der Waals surface area contributed by atoms with E-state index in [9.17, 15) is 13.2 Å². The SMILES string of the molecule is Cl.NC(=NCl)Nc1cncc2cc(S(=O)(=O)NC3(C(=O)NCCO)CCCC3)ccc12. The number of nitrogens with one attached hydrogen (secondary N) is 3. The van der Waals surface area contributed by atoms with Crippen LogP contribution in [0.15, 0.2) is 40.0 Å². The molecule has 0 aliphatic heterocycles. The number of nitrogens with zero attached hydrogens (tertiary/aromatic N) is 2. The molecule has 0 bridgehead atoms. The number of hydrogen-bond acceptors (Lipinski definition) is 6. The van der Waals surface area contributed by atoms with E-state index in [4.69, 9.17) is 22.6 Å². The highest BCUT2D eigenvalue weighted by atomic mass is 35.5. The van der Waals surface area contributed by atoms with Gasteiger partial charge in [-0.15, -0.1) is 16.9 Å². The van der Waals surface area contributed by atoms with Crippen LogP contribution in [0.5, 0.6) is 0 Å². The van der Waals surface area contributed by atoms with Crippen molar-refractivity contribution in [2.75, 3.05) is 18.5 Å². The maximum absolute atomic E-state index is 13.1. The molecule has 1 saturated carbocycles. The van der Waals surface area contributed by atoms with Gasteiger partial charge in [0.05, 0.1) is 23.4 Å². The predicted octanol–water partition coefficient (Wildman–Crippen LogP) is 1.24. The smallest absolute Gasteiger partial charge is 0.241 e. The number of carbonyl (C=O) groups excluding carboxylic acids is 1. The van der Waals surface area contributed by atoms with Crippen molar-refractivity contribution in [3.8, 4) is 0 Å². The molecule has 1 aromatic heterocycles. The van der Waals surface area contributed by atoms with Crippen LogP contribution in [0.25, 0.3) is 10.8 Å². The van der Waals surface area contributed by atoms with Crippen LogP contribution >= 0.6 is 24.2 Å². The summed E-state index contributed by atoms with van der Waals surface area (Å²) in [7, 11) is -4.00. The summed E-state index contributed by atoms with van der Waals surface area (Å²) in [6, 6.07) is 4.53. The Morgan fingerprint density at radius 1 is 1.29 bits per heavy atom. The fourth-order valence-electron chi connectivity index (χ4n) is 3.59. The molecular weight excluding hydrogens is 467 g/mol. The number of pyridine rings is 1. The average Bonchev–Trinajstić information content (AvgIpc) is 3.20. The zero-order chi connectivity index (χ0) is 21.8. The fourth-order valence-corrected chi connectivity index (χ4v) is 5.09. The number of benzene rings is 1. The van der Waals surface area contributed by atoms with Crippen molar-refractivity contribution in [3.63, 3.8) is 0 Å². The molecule has 10 nitrogen and oxygen atoms in total. The average molecular weight is 491 g/mol. The predicted molar refractivity (Wildman–Crippen MR) is 122 cm³/mol. The summed E-state index contributed by atoms with van der Waals surface area (Å²) in [4.78, 5) is 16.7. The van der Waals surface area contributed by atoms with Gasteiger partial charge in [-0.1, -0.05) is 18.9 Å². The largest absolute Gasteiger partial charge is 0.395 e. The Labute approximate surface area is 191 Å². The minimum atomic E-state index is -4.00. The van der Waals surface area contributed by atoms with Crippen LogP contribution in [0.3, 0.4) is 0 Å². The van der Waals surface area contributed by atoms with Gasteiger partial charge in [0.2, 0.25) is 21.9 Å². The maximum atomic E-state index is 13.1. The van der Waals surface area contributed by atoms with E-state index in [1.165, 1.54) is 24.5 Å². The Morgan fingerprint density at radius 3 is 2.65 bits per heavy atom. The van der Waals surface area contributed by atoms with E-state index in [2.05, 4.69) is 24.9 Å². The molecule has 1 aliphatic carbocycles. The first-order valence-corrected chi connectivity index (χ1v) is 11.2. The summed E-state index contributed by atoms with van der Waals surface area (Å²) in [5.74, 6) is -0.455. The van der Waals surface area contributed by atoms with E-state index < -0.39 is 21.5 Å². The standard InChI is InChI=1S/C18H23ClN6O4S.ClH/c19-24-17(20)23-15-11-21-10-12-9-13(3-4-14(12)15)30(28,29)25-18(5-1-2-6-18)16(27)22-7-8-26;/h3-4,9-11,25-26H,1-2,5-8H2,(H,22,27)(H3,20,23,24);1H. The third-order valence-corrected chi connectivity index (χ3v) is 6.73. The highest BCUT2D eigenvalue weighted by Gasteiger charge is 2.44. The third kappa shape index (κ3) is 5.55. The molecule has 31 heavy (non-hydrogen) atoms. The quantitative estimate of drug-likeness (QED) is 0.288. The first-order chi connectivity index (χ1) is 14.3. The maximum Gasteiger partial charge on any atom is 0.241 e. The van der Waals surface area contributed by atoms with E-state index >= 15 is 0 Å². The highest BCUT2D eigenvalue weighted by Crippen LogP contribution is 2.32. The molecule has 13 heteroatoms. The molecule has 0 saturated heterocycles. The van der Waals surface area contributed by atoms with Crippen LogP contribution in [-0.4, -0.2) is 49.1 Å². The van der Waals surface area contributed by atoms with Gasteiger partial charge in [0.1, 0.15) is 5.54 Å². The molecule has 2 aromatic rings. The van der Waals surface area contributed by atoms with Crippen LogP contribution < -0.4 is 21.1 Å². The number of anilines is 1. The molecule has 1 heterocycles. The van der Waals surface area contributed by atoms with E-state index in [1.54, 1.807) is 6.07 Å². The van der Waals surface area contributed by atoms with E-state index in [1.807, 2.05) is 0 Å². The lowest BCUT2D eigenvalue weighted by molar-refractivity contribution is -0.126. The van der Waals surface area contributed by atoms with Gasteiger partial charge in [-0.2, -0.15) is 4.72 Å². The summed E-state index contributed by atoms with van der Waals surface area (Å²) in [6.45, 7) is -0.157. The van der Waals surface area contributed by atoms with Gasteiger partial charge >= 0.3 is 0 Å². The van der Waals surface area contributed by atoms with Gasteiger partial charge < -0.3 is 21.5 Å². The Hall–Kier alpha value is -2.18. The molecule has 1 aromatic carbocycles. The van der Waals surface area contributed by atoms with Crippen LogP contribution in [-0.2, 0) is 14.8 Å². The monoisotopic (exact) mass is 490 g/mol. The zero-order valence-corrected chi connectivity index (χ0v) is 18.9. The molecule has 0 radical (unpaired) electrons. The van der Waals surface area contributed by atoms with Crippen molar-refractivity contribution in [3.05, 3.63) is 30.6 Å². The summed E-state index contributed by atoms with van der Waals surface area (Å²) in [6.07, 6.45) is 5.29. The lowest BCUT2D eigenvalue weighted by atomic mass is 9.98. The number of hydrogen-bond donors (Lipinski definition) is 5. The number of fused-ring (bicyclic) bond motifs is 1. The van der Waals surface area contributed by atoms with Crippen molar-refractivity contribution >= 4 is 62.5 Å². The van der Waals surface area contributed by atoms with Gasteiger partial charge in [0.15, 0.2) is 0 Å². The number of sulfonamides is 1. The second kappa shape index (κ2) is 10.4. The molecule has 1 aliphatic rings. The van der Waals surface area contributed by atoms with Gasteiger partial charge in [-0.3, -0.25) is 9.78 Å². The number of carbonyl (C=O) groups is 1. The lowest BCUT2D eigenvalue weighted by Crippen LogP contribution is -2.57. The minimum Gasteiger partial charge on any atom is -0.395 e. The summed E-state index contributed by atoms with van der Waals surface area (Å²) < 4.78 is 32.1. The van der Waals surface area contributed by atoms with E-state index in [0.29, 0.717) is 29.3 Å². The van der Waals surface area contributed by atoms with Crippen LogP contribution in [0.2, 0.25) is 0 Å². The van der Waals surface area contributed by atoms with Crippen molar-refractivity contribution in [2.45, 2.75) is 36.1 Å². The Morgan fingerprint density at radius 2 is 2.00 bits per heavy atom. The second-order valence-electron chi connectivity index (χ2n) is 7.04. The molecule has 0 unspecified atom stereocenters. The normalized spacial score (nSPS) is 16.0. The summed E-state index contributed by atoms with van der Waals surface area (Å²) >= 11 is 5.34. The number of guanidine groups is 1. The summed E-state index contributed by atoms with van der Waals surface area (Å²) in [5.41, 5.74) is 4.87. The molecule has 170 valence electrons. The van der Waals surface area contributed by atoms with Gasteiger partial charge in [-0.25, -0.2) is 8.42 Å². The summed E-state index contributed by atoms with van der Waals surface area (Å²) in [5, 5.41) is 15.5. The molecule has 3 rings (SSSR count). The van der Waals surface area contributed by atoms with Crippen LogP contribution in [0, 0.1) is 0 Å². The van der Waals surface area contributed by atoms with Gasteiger partial charge in [0, 0.05) is 35.3 Å². The molecule has 0 spiro atoms. The number of rotatable bonds is 7. The minimum absolute atomic E-state index is 0. The zero-order valence-electron chi connectivity index (χ0n) is 16.5. The Bertz CT molecular complexity index is 1070. The van der Waals surface area contributed by atoms with Crippen molar-refractivity contribution in [1.29, 1.82) is 0 Å². The van der Waals surface area contributed by atoms with Gasteiger partial charge in [-0.05, 0) is 25.0 Å². The number of aromatic nitrogens is 1. The van der Waals surface area contributed by atoms with Crippen LogP contribution in [0.4, 0.5) is 5.69 Å². The van der Waals surface area contributed by atoms with E-state index in [-0.39, 0.29) is 36.4 Å². The second-order valence-corrected chi connectivity index (χ2v) is 8.89. The highest BCUT2D eigenvalue weighted by molar-refractivity contribution is 7.89. The third-order valence-electron chi connectivity index (χ3n) is 5.01. The van der Waals surface area contributed by atoms with Crippen molar-refractivity contribution in [2.24, 2.45) is 10.2 Å². The topological polar surface area (TPSA) is 159 Å². The number of amides is 1. The van der Waals surface area contributed by atoms with Crippen LogP contribution in [0.1, 0.15) is 25.7 Å². The number of aliphatic hydroxyl groups excluding tert-OH is 1. The van der Waals surface area contributed by atoms with Crippen molar-refractivity contribution in [1.82, 2.24) is 15.0 Å². The van der Waals surface area contributed by atoms with Crippen molar-refractivity contribution < 1.29 is 18.3 Å². The first-order valence-electron chi connectivity index (χ1n) is 9.34.